The summed E-state index contributed by atoms with van der Waals surface area (Å²) in [4.78, 5) is 0. The maximum Gasteiger partial charge on any atom is 0.0429 e. The van der Waals surface area contributed by atoms with Gasteiger partial charge in [0, 0.05) is 10.7 Å². The van der Waals surface area contributed by atoms with Gasteiger partial charge in [0.15, 0.2) is 0 Å². The van der Waals surface area contributed by atoms with E-state index in [1.807, 2.05) is 6.07 Å². The first-order chi connectivity index (χ1) is 6.75. The van der Waals surface area contributed by atoms with Crippen LogP contribution < -0.4 is 5.73 Å². The van der Waals surface area contributed by atoms with Gasteiger partial charge in [0.25, 0.3) is 0 Å². The Morgan fingerprint density at radius 1 is 1.07 bits per heavy atom. The summed E-state index contributed by atoms with van der Waals surface area (Å²) in [7, 11) is 0. The lowest BCUT2D eigenvalue weighted by Crippen LogP contribution is -2.04. The maximum absolute atomic E-state index is 5.99. The summed E-state index contributed by atoms with van der Waals surface area (Å²) in [5.41, 5.74) is 7.90. The molecule has 0 aliphatic heterocycles. The molecule has 1 aromatic carbocycles. The van der Waals surface area contributed by atoms with Crippen LogP contribution in [0.2, 0.25) is 5.02 Å². The molecule has 0 unspecified atom stereocenters. The molecule has 0 radical (unpaired) electrons. The van der Waals surface area contributed by atoms with Crippen molar-refractivity contribution in [1.29, 1.82) is 0 Å². The molecular weight excluding hydrogens is 194 g/mol. The van der Waals surface area contributed by atoms with E-state index < -0.39 is 0 Å². The van der Waals surface area contributed by atoms with E-state index in [9.17, 15) is 0 Å². The fraction of sp³-hybridized carbons (Fsp3) is 0.500. The predicted molar refractivity (Wildman–Crippen MR) is 61.7 cm³/mol. The second-order valence-corrected chi connectivity index (χ2v) is 4.59. The van der Waals surface area contributed by atoms with Crippen LogP contribution in [-0.2, 0) is 0 Å². The lowest BCUT2D eigenvalue weighted by atomic mass is 9.84. The number of anilines is 1. The first kappa shape index (κ1) is 9.85. The average molecular weight is 210 g/mol. The van der Waals surface area contributed by atoms with Gasteiger partial charge in [-0.05, 0) is 42.5 Å². The van der Waals surface area contributed by atoms with E-state index in [4.69, 9.17) is 17.3 Å². The molecule has 1 aromatic rings. The second kappa shape index (κ2) is 4.22. The Kier molecular flexibility index (Phi) is 2.97. The van der Waals surface area contributed by atoms with Crippen LogP contribution in [0, 0.1) is 0 Å². The summed E-state index contributed by atoms with van der Waals surface area (Å²) < 4.78 is 0. The zero-order chi connectivity index (χ0) is 9.97. The lowest BCUT2D eigenvalue weighted by molar-refractivity contribution is 0.444. The van der Waals surface area contributed by atoms with E-state index in [2.05, 4.69) is 12.1 Å². The smallest absolute Gasteiger partial charge is 0.0429 e. The Labute approximate surface area is 90.3 Å². The van der Waals surface area contributed by atoms with Gasteiger partial charge in [-0.2, -0.15) is 0 Å². The highest BCUT2D eigenvalue weighted by molar-refractivity contribution is 6.30. The minimum Gasteiger partial charge on any atom is -0.399 e. The van der Waals surface area contributed by atoms with Gasteiger partial charge in [-0.1, -0.05) is 30.9 Å². The first-order valence-electron chi connectivity index (χ1n) is 5.31. The Hall–Kier alpha value is -0.690. The van der Waals surface area contributed by atoms with Crippen molar-refractivity contribution >= 4 is 17.3 Å². The van der Waals surface area contributed by atoms with Crippen LogP contribution in [0.5, 0.6) is 0 Å². The van der Waals surface area contributed by atoms with Crippen LogP contribution in [0.3, 0.4) is 0 Å². The summed E-state index contributed by atoms with van der Waals surface area (Å²) in [5, 5.41) is 0.769. The molecule has 0 heterocycles. The molecule has 0 bridgehead atoms. The molecule has 1 aliphatic carbocycles. The van der Waals surface area contributed by atoms with E-state index >= 15 is 0 Å². The van der Waals surface area contributed by atoms with Crippen molar-refractivity contribution < 1.29 is 0 Å². The Morgan fingerprint density at radius 2 is 1.79 bits per heavy atom. The molecule has 2 N–H and O–H groups in total. The van der Waals surface area contributed by atoms with Crippen LogP contribution in [0.4, 0.5) is 5.69 Å². The standard InChI is InChI=1S/C12H16ClN/c13-11-6-10(7-12(14)8-11)9-4-2-1-3-5-9/h6-9H,1-5,14H2. The number of hydrogen-bond acceptors (Lipinski definition) is 1. The van der Waals surface area contributed by atoms with Crippen molar-refractivity contribution in [3.63, 3.8) is 0 Å². The second-order valence-electron chi connectivity index (χ2n) is 4.15. The van der Waals surface area contributed by atoms with E-state index in [1.54, 1.807) is 0 Å². The third-order valence-electron chi connectivity index (χ3n) is 3.02. The molecule has 0 spiro atoms. The minimum atomic E-state index is 0.685. The summed E-state index contributed by atoms with van der Waals surface area (Å²) in [5.74, 6) is 0.685. The summed E-state index contributed by atoms with van der Waals surface area (Å²) >= 11 is 5.99. The number of halogens is 1. The fourth-order valence-electron chi connectivity index (χ4n) is 2.31. The molecule has 2 rings (SSSR count). The molecule has 0 atom stereocenters. The van der Waals surface area contributed by atoms with Gasteiger partial charge in [0.1, 0.15) is 0 Å². The molecule has 0 amide bonds. The Morgan fingerprint density at radius 3 is 2.43 bits per heavy atom. The van der Waals surface area contributed by atoms with Gasteiger partial charge < -0.3 is 5.73 Å². The van der Waals surface area contributed by atoms with Gasteiger partial charge in [0.05, 0.1) is 0 Å². The van der Waals surface area contributed by atoms with Gasteiger partial charge in [-0.15, -0.1) is 0 Å². The fourth-order valence-corrected chi connectivity index (χ4v) is 2.56. The normalized spacial score (nSPS) is 18.4. The monoisotopic (exact) mass is 209 g/mol. The van der Waals surface area contributed by atoms with E-state index in [0.717, 1.165) is 10.7 Å². The zero-order valence-corrected chi connectivity index (χ0v) is 9.06. The number of hydrogen-bond donors (Lipinski definition) is 1. The average Bonchev–Trinajstić information content (AvgIpc) is 2.18. The third kappa shape index (κ3) is 2.21. The van der Waals surface area contributed by atoms with Crippen molar-refractivity contribution in [2.24, 2.45) is 0 Å². The molecule has 0 saturated heterocycles. The van der Waals surface area contributed by atoms with E-state index in [1.165, 1.54) is 37.7 Å². The Balaban J connectivity index is 2.21. The van der Waals surface area contributed by atoms with Crippen LogP contribution in [-0.4, -0.2) is 0 Å². The molecule has 1 aliphatic rings. The molecule has 1 nitrogen and oxygen atoms in total. The SMILES string of the molecule is Nc1cc(Cl)cc(C2CCCCC2)c1. The molecule has 1 saturated carbocycles. The van der Waals surface area contributed by atoms with Gasteiger partial charge >= 0.3 is 0 Å². The number of rotatable bonds is 1. The predicted octanol–water partition coefficient (Wildman–Crippen LogP) is 3.97. The van der Waals surface area contributed by atoms with Crippen LogP contribution in [0.15, 0.2) is 18.2 Å². The van der Waals surface area contributed by atoms with Crippen molar-refractivity contribution in [3.05, 3.63) is 28.8 Å². The number of benzene rings is 1. The van der Waals surface area contributed by atoms with Gasteiger partial charge in [-0.25, -0.2) is 0 Å². The van der Waals surface area contributed by atoms with Crippen LogP contribution in [0.25, 0.3) is 0 Å². The maximum atomic E-state index is 5.99. The Bertz CT molecular complexity index is 296. The summed E-state index contributed by atoms with van der Waals surface area (Å²) in [6.45, 7) is 0. The molecule has 14 heavy (non-hydrogen) atoms. The summed E-state index contributed by atoms with van der Waals surface area (Å²) in [6, 6.07) is 5.95. The topological polar surface area (TPSA) is 26.0 Å². The van der Waals surface area contributed by atoms with Gasteiger partial charge in [0.2, 0.25) is 0 Å². The van der Waals surface area contributed by atoms with Gasteiger partial charge in [-0.3, -0.25) is 0 Å². The number of nitrogens with two attached hydrogens (primary N) is 1. The molecular formula is C12H16ClN. The third-order valence-corrected chi connectivity index (χ3v) is 3.24. The van der Waals surface area contributed by atoms with Crippen molar-refractivity contribution in [2.75, 3.05) is 5.73 Å². The molecule has 76 valence electrons. The quantitative estimate of drug-likeness (QED) is 0.696. The highest BCUT2D eigenvalue weighted by atomic mass is 35.5. The molecule has 1 fully saturated rings. The lowest BCUT2D eigenvalue weighted by Gasteiger charge is -2.22. The van der Waals surface area contributed by atoms with Crippen molar-refractivity contribution in [1.82, 2.24) is 0 Å². The largest absolute Gasteiger partial charge is 0.399 e. The highest BCUT2D eigenvalue weighted by Gasteiger charge is 2.15. The minimum absolute atomic E-state index is 0.685. The highest BCUT2D eigenvalue weighted by Crippen LogP contribution is 2.34. The van der Waals surface area contributed by atoms with Crippen LogP contribution in [0.1, 0.15) is 43.6 Å². The van der Waals surface area contributed by atoms with Crippen molar-refractivity contribution in [3.8, 4) is 0 Å². The van der Waals surface area contributed by atoms with E-state index in [-0.39, 0.29) is 0 Å². The number of nitrogen functional groups attached to an aromatic ring is 1. The first-order valence-corrected chi connectivity index (χ1v) is 5.69. The zero-order valence-electron chi connectivity index (χ0n) is 8.30. The molecule has 0 aromatic heterocycles. The van der Waals surface area contributed by atoms with Crippen LogP contribution >= 0.6 is 11.6 Å². The molecule has 2 heteroatoms. The van der Waals surface area contributed by atoms with E-state index in [0.29, 0.717) is 5.92 Å². The summed E-state index contributed by atoms with van der Waals surface area (Å²) in [6.07, 6.45) is 6.65. The van der Waals surface area contributed by atoms with Crippen molar-refractivity contribution in [2.45, 2.75) is 38.0 Å².